The maximum Gasteiger partial charge on any atom is 0.306 e. The molecule has 2 aromatic rings. The summed E-state index contributed by atoms with van der Waals surface area (Å²) in [7, 11) is -2.81. The van der Waals surface area contributed by atoms with Crippen molar-refractivity contribution in [3.63, 3.8) is 0 Å². The number of alkyl halides is 2. The molecule has 32 heavy (non-hydrogen) atoms. The number of hydrogen-bond acceptors (Lipinski definition) is 6. The average Bonchev–Trinajstić information content (AvgIpc) is 3.33. The number of halogens is 2. The number of H-pyrrole nitrogens is 1. The van der Waals surface area contributed by atoms with E-state index < -0.39 is 33.5 Å². The zero-order valence-electron chi connectivity index (χ0n) is 17.8. The first kappa shape index (κ1) is 21.5. The van der Waals surface area contributed by atoms with Crippen LogP contribution in [0.3, 0.4) is 0 Å². The molecule has 12 heteroatoms. The molecule has 5 rings (SSSR count). The van der Waals surface area contributed by atoms with E-state index in [2.05, 4.69) is 19.9 Å². The molecule has 2 aliphatic carbocycles. The Hall–Kier alpha value is -2.34. The average molecular weight is 469 g/mol. The van der Waals surface area contributed by atoms with Crippen LogP contribution in [0.25, 0.3) is 11.0 Å². The van der Waals surface area contributed by atoms with Gasteiger partial charge in [-0.3, -0.25) is 4.79 Å². The highest BCUT2D eigenvalue weighted by atomic mass is 32.2. The number of fused-ring (bicyclic) bond motifs is 1. The fraction of sp³-hybridized carbons (Fsp3) is 0.650. The molecule has 1 spiro atoms. The van der Waals surface area contributed by atoms with E-state index in [0.29, 0.717) is 25.9 Å². The van der Waals surface area contributed by atoms with Crippen LogP contribution in [-0.2, 0) is 15.0 Å². The number of carbonyl (C=O) groups is 1. The van der Waals surface area contributed by atoms with Crippen LogP contribution in [0.15, 0.2) is 18.6 Å². The molecule has 3 fully saturated rings. The summed E-state index contributed by atoms with van der Waals surface area (Å²) in [5.41, 5.74) is 0.136. The van der Waals surface area contributed by atoms with Gasteiger partial charge < -0.3 is 9.88 Å². The third-order valence-corrected chi connectivity index (χ3v) is 9.05. The standard InChI is InChI=1S/C20H26F2N6O3S/c1-26(18(29)14-2-5-20(21,22)6-3-14)32(30,31)28-11-10-27(12-19(28)7-8-19)17-15-4-9-23-16(15)24-13-25-17/h4,9,13-14H,2-3,5-8,10-12H2,1H3,(H,23,24,25). The zero-order chi connectivity index (χ0) is 22.7. The van der Waals surface area contributed by atoms with Gasteiger partial charge in [0.15, 0.2) is 0 Å². The molecule has 3 heterocycles. The molecular weight excluding hydrogens is 442 g/mol. The highest BCUT2D eigenvalue weighted by molar-refractivity contribution is 7.87. The molecule has 3 aliphatic rings. The van der Waals surface area contributed by atoms with Gasteiger partial charge >= 0.3 is 10.2 Å². The predicted octanol–water partition coefficient (Wildman–Crippen LogP) is 2.14. The van der Waals surface area contributed by atoms with Gasteiger partial charge in [0.25, 0.3) is 0 Å². The van der Waals surface area contributed by atoms with Gasteiger partial charge in [-0.15, -0.1) is 0 Å². The van der Waals surface area contributed by atoms with Crippen LogP contribution in [0, 0.1) is 5.92 Å². The number of nitrogens with one attached hydrogen (secondary N) is 1. The van der Waals surface area contributed by atoms with Crippen LogP contribution < -0.4 is 4.90 Å². The summed E-state index contributed by atoms with van der Waals surface area (Å²) in [5, 5.41) is 0.876. The van der Waals surface area contributed by atoms with Crippen molar-refractivity contribution in [1.82, 2.24) is 23.6 Å². The van der Waals surface area contributed by atoms with Gasteiger partial charge in [-0.05, 0) is 31.7 Å². The zero-order valence-corrected chi connectivity index (χ0v) is 18.6. The molecule has 1 saturated heterocycles. The summed E-state index contributed by atoms with van der Waals surface area (Å²) in [6.45, 7) is 1.12. The second-order valence-electron chi connectivity index (χ2n) is 9.10. The van der Waals surface area contributed by atoms with Gasteiger partial charge in [-0.1, -0.05) is 0 Å². The normalized spacial score (nSPS) is 23.5. The summed E-state index contributed by atoms with van der Waals surface area (Å²) >= 11 is 0. The minimum Gasteiger partial charge on any atom is -0.353 e. The number of carbonyl (C=O) groups excluding carboxylic acids is 1. The molecule has 0 unspecified atom stereocenters. The Labute approximate surface area is 185 Å². The van der Waals surface area contributed by atoms with E-state index in [1.165, 1.54) is 17.7 Å². The summed E-state index contributed by atoms with van der Waals surface area (Å²) in [4.78, 5) is 26.6. The molecule has 1 amide bonds. The molecule has 0 aromatic carbocycles. The number of aromatic nitrogens is 3. The van der Waals surface area contributed by atoms with E-state index in [-0.39, 0.29) is 32.2 Å². The Bertz CT molecular complexity index is 1140. The van der Waals surface area contributed by atoms with Crippen LogP contribution in [-0.4, -0.2) is 76.0 Å². The lowest BCUT2D eigenvalue weighted by Gasteiger charge is -2.43. The number of anilines is 1. The molecule has 2 saturated carbocycles. The first-order valence-electron chi connectivity index (χ1n) is 10.8. The first-order chi connectivity index (χ1) is 15.1. The van der Waals surface area contributed by atoms with Crippen molar-refractivity contribution in [3.8, 4) is 0 Å². The third kappa shape index (κ3) is 3.53. The fourth-order valence-corrected chi connectivity index (χ4v) is 6.69. The SMILES string of the molecule is CN(C(=O)C1CCC(F)(F)CC1)S(=O)(=O)N1CCN(c2ncnc3[nH]ccc23)CC12CC2. The van der Waals surface area contributed by atoms with Crippen molar-refractivity contribution in [1.29, 1.82) is 0 Å². The second-order valence-corrected chi connectivity index (χ2v) is 11.0. The number of amides is 1. The van der Waals surface area contributed by atoms with Gasteiger partial charge in [0.05, 0.1) is 10.9 Å². The molecule has 1 N–H and O–H groups in total. The van der Waals surface area contributed by atoms with Crippen molar-refractivity contribution in [3.05, 3.63) is 18.6 Å². The van der Waals surface area contributed by atoms with Gasteiger partial charge in [0.2, 0.25) is 11.8 Å². The highest BCUT2D eigenvalue weighted by Gasteiger charge is 2.57. The minimum absolute atomic E-state index is 0.00495. The van der Waals surface area contributed by atoms with Crippen molar-refractivity contribution >= 4 is 33.0 Å². The molecule has 0 bridgehead atoms. The van der Waals surface area contributed by atoms with E-state index in [9.17, 15) is 22.0 Å². The van der Waals surface area contributed by atoms with Gasteiger partial charge in [-0.25, -0.2) is 23.1 Å². The van der Waals surface area contributed by atoms with E-state index in [1.54, 1.807) is 6.20 Å². The second kappa shape index (κ2) is 7.34. The maximum atomic E-state index is 13.5. The molecule has 1 aliphatic heterocycles. The predicted molar refractivity (Wildman–Crippen MR) is 113 cm³/mol. The fourth-order valence-electron chi connectivity index (χ4n) is 4.97. The number of rotatable bonds is 4. The number of aromatic amines is 1. The van der Waals surface area contributed by atoms with E-state index in [0.717, 1.165) is 21.2 Å². The Morgan fingerprint density at radius 3 is 2.59 bits per heavy atom. The highest BCUT2D eigenvalue weighted by Crippen LogP contribution is 2.47. The molecule has 174 valence electrons. The Morgan fingerprint density at radius 1 is 1.19 bits per heavy atom. The van der Waals surface area contributed by atoms with Crippen molar-refractivity contribution in [2.24, 2.45) is 5.92 Å². The lowest BCUT2D eigenvalue weighted by molar-refractivity contribution is -0.134. The van der Waals surface area contributed by atoms with E-state index in [1.807, 2.05) is 6.07 Å². The van der Waals surface area contributed by atoms with E-state index in [4.69, 9.17) is 0 Å². The summed E-state index contributed by atoms with van der Waals surface area (Å²) in [6.07, 6.45) is 3.91. The van der Waals surface area contributed by atoms with Gasteiger partial charge in [0, 0.05) is 51.6 Å². The van der Waals surface area contributed by atoms with Crippen molar-refractivity contribution in [2.45, 2.75) is 50.0 Å². The van der Waals surface area contributed by atoms with Crippen molar-refractivity contribution in [2.75, 3.05) is 31.6 Å². The largest absolute Gasteiger partial charge is 0.353 e. The van der Waals surface area contributed by atoms with Crippen LogP contribution in [0.5, 0.6) is 0 Å². The Balaban J connectivity index is 1.33. The lowest BCUT2D eigenvalue weighted by atomic mass is 9.86. The van der Waals surface area contributed by atoms with Crippen LogP contribution >= 0.6 is 0 Å². The third-order valence-electron chi connectivity index (χ3n) is 7.05. The molecule has 9 nitrogen and oxygen atoms in total. The van der Waals surface area contributed by atoms with Crippen molar-refractivity contribution < 1.29 is 22.0 Å². The Kier molecular flexibility index (Phi) is 4.93. The smallest absolute Gasteiger partial charge is 0.306 e. The van der Waals surface area contributed by atoms with Crippen LogP contribution in [0.4, 0.5) is 14.6 Å². The van der Waals surface area contributed by atoms with Gasteiger partial charge in [0.1, 0.15) is 17.8 Å². The topological polar surface area (TPSA) is 102 Å². The molecule has 0 atom stereocenters. The van der Waals surface area contributed by atoms with E-state index >= 15 is 0 Å². The number of nitrogens with zero attached hydrogens (tertiary/aromatic N) is 5. The summed E-state index contributed by atoms with van der Waals surface area (Å²) in [5.74, 6) is -3.29. The monoisotopic (exact) mass is 468 g/mol. The number of hydrogen-bond donors (Lipinski definition) is 1. The summed E-state index contributed by atoms with van der Waals surface area (Å²) in [6, 6.07) is 1.90. The lowest BCUT2D eigenvalue weighted by Crippen LogP contribution is -2.60. The molecular formula is C20H26F2N6O3S. The Morgan fingerprint density at radius 2 is 1.91 bits per heavy atom. The maximum absolute atomic E-state index is 13.5. The summed E-state index contributed by atoms with van der Waals surface area (Å²) < 4.78 is 55.9. The molecule has 0 radical (unpaired) electrons. The van der Waals surface area contributed by atoms with Gasteiger partial charge in [-0.2, -0.15) is 12.7 Å². The number of piperazine rings is 1. The molecule has 2 aromatic heterocycles. The quantitative estimate of drug-likeness (QED) is 0.738. The van der Waals surface area contributed by atoms with Crippen LogP contribution in [0.1, 0.15) is 38.5 Å². The minimum atomic E-state index is -4.06. The first-order valence-corrected chi connectivity index (χ1v) is 12.2. The van der Waals surface area contributed by atoms with Crippen LogP contribution in [0.2, 0.25) is 0 Å².